The van der Waals surface area contributed by atoms with Crippen molar-refractivity contribution >= 4 is 17.8 Å². The average Bonchev–Trinajstić information content (AvgIpc) is 3.03. The predicted molar refractivity (Wildman–Crippen MR) is 116 cm³/mol. The zero-order valence-electron chi connectivity index (χ0n) is 18.2. The molecular formula is C23H32N4O4. The molecule has 0 radical (unpaired) electrons. The van der Waals surface area contributed by atoms with Crippen LogP contribution in [0.25, 0.3) is 0 Å². The molecule has 168 valence electrons. The van der Waals surface area contributed by atoms with E-state index in [-0.39, 0.29) is 30.5 Å². The molecule has 1 atom stereocenters. The number of benzene rings is 1. The van der Waals surface area contributed by atoms with Crippen molar-refractivity contribution in [3.05, 3.63) is 30.3 Å². The highest BCUT2D eigenvalue weighted by Gasteiger charge is 2.54. The first-order chi connectivity index (χ1) is 15.0. The van der Waals surface area contributed by atoms with Crippen molar-refractivity contribution in [2.75, 3.05) is 39.3 Å². The zero-order valence-corrected chi connectivity index (χ0v) is 18.2. The van der Waals surface area contributed by atoms with Crippen molar-refractivity contribution in [3.8, 4) is 5.75 Å². The van der Waals surface area contributed by atoms with Gasteiger partial charge in [-0.15, -0.1) is 0 Å². The van der Waals surface area contributed by atoms with Crippen LogP contribution in [0, 0.1) is 0 Å². The summed E-state index contributed by atoms with van der Waals surface area (Å²) in [7, 11) is 0. The molecule has 1 aromatic carbocycles. The Morgan fingerprint density at radius 2 is 1.90 bits per heavy atom. The number of amides is 4. The number of urea groups is 1. The molecule has 4 amide bonds. The number of hydrogen-bond acceptors (Lipinski definition) is 5. The summed E-state index contributed by atoms with van der Waals surface area (Å²) in [6.07, 6.45) is 3.86. The average molecular weight is 429 g/mol. The van der Waals surface area contributed by atoms with E-state index in [9.17, 15) is 14.4 Å². The van der Waals surface area contributed by atoms with Gasteiger partial charge in [0.2, 0.25) is 0 Å². The molecule has 3 aliphatic rings. The Morgan fingerprint density at radius 1 is 1.16 bits per heavy atom. The Morgan fingerprint density at radius 3 is 2.61 bits per heavy atom. The molecule has 8 heteroatoms. The van der Waals surface area contributed by atoms with Crippen molar-refractivity contribution in [2.24, 2.45) is 0 Å². The molecule has 0 bridgehead atoms. The van der Waals surface area contributed by atoms with Crippen LogP contribution in [-0.2, 0) is 9.59 Å². The summed E-state index contributed by atoms with van der Waals surface area (Å²) in [6, 6.07) is 8.63. The molecule has 0 aromatic heterocycles. The fourth-order valence-electron chi connectivity index (χ4n) is 4.93. The second kappa shape index (κ2) is 9.26. The maximum atomic E-state index is 13.3. The summed E-state index contributed by atoms with van der Waals surface area (Å²) < 4.78 is 5.59. The van der Waals surface area contributed by atoms with Crippen molar-refractivity contribution in [2.45, 2.75) is 50.6 Å². The van der Waals surface area contributed by atoms with Crippen LogP contribution in [0.3, 0.4) is 0 Å². The SMILES string of the molecule is CCCN1CCC2(CC1)NC(=O)N([C@@H]1CCCN(C(=O)COc3ccccc3)C1)C2=O. The number of likely N-dealkylation sites (tertiary alicyclic amines) is 2. The van der Waals surface area contributed by atoms with Crippen LogP contribution in [0.15, 0.2) is 30.3 Å². The number of nitrogens with zero attached hydrogens (tertiary/aromatic N) is 3. The van der Waals surface area contributed by atoms with Crippen molar-refractivity contribution < 1.29 is 19.1 Å². The number of para-hydroxylation sites is 1. The lowest BCUT2D eigenvalue weighted by Gasteiger charge is -2.39. The molecule has 8 nitrogen and oxygen atoms in total. The lowest BCUT2D eigenvalue weighted by molar-refractivity contribution is -0.140. The van der Waals surface area contributed by atoms with Crippen LogP contribution >= 0.6 is 0 Å². The van der Waals surface area contributed by atoms with Gasteiger partial charge in [0.15, 0.2) is 6.61 Å². The number of nitrogens with one attached hydrogen (secondary N) is 1. The minimum Gasteiger partial charge on any atom is -0.484 e. The molecule has 3 aliphatic heterocycles. The molecule has 0 aliphatic carbocycles. The second-order valence-electron chi connectivity index (χ2n) is 8.77. The number of ether oxygens (including phenoxy) is 1. The first-order valence-corrected chi connectivity index (χ1v) is 11.4. The van der Waals surface area contributed by atoms with E-state index in [0.717, 1.165) is 38.9 Å². The third-order valence-electron chi connectivity index (χ3n) is 6.66. The van der Waals surface area contributed by atoms with E-state index in [1.54, 1.807) is 4.90 Å². The Labute approximate surface area is 183 Å². The van der Waals surface area contributed by atoms with Crippen LogP contribution in [-0.4, -0.2) is 83.5 Å². The summed E-state index contributed by atoms with van der Waals surface area (Å²) in [5.41, 5.74) is -0.774. The fraction of sp³-hybridized carbons (Fsp3) is 0.609. The van der Waals surface area contributed by atoms with Gasteiger partial charge >= 0.3 is 6.03 Å². The number of imide groups is 1. The maximum Gasteiger partial charge on any atom is 0.325 e. The lowest BCUT2D eigenvalue weighted by atomic mass is 9.87. The van der Waals surface area contributed by atoms with E-state index in [1.807, 2.05) is 30.3 Å². The first-order valence-electron chi connectivity index (χ1n) is 11.4. The first kappa shape index (κ1) is 21.6. The fourth-order valence-corrected chi connectivity index (χ4v) is 4.93. The highest BCUT2D eigenvalue weighted by molar-refractivity contribution is 6.07. The molecule has 31 heavy (non-hydrogen) atoms. The van der Waals surface area contributed by atoms with Gasteiger partial charge in [-0.05, 0) is 50.8 Å². The molecule has 0 unspecified atom stereocenters. The summed E-state index contributed by atoms with van der Waals surface area (Å²) in [4.78, 5) is 44.3. The number of carbonyl (C=O) groups is 3. The summed E-state index contributed by atoms with van der Waals surface area (Å²) in [5.74, 6) is 0.409. The van der Waals surface area contributed by atoms with Crippen LogP contribution in [0.4, 0.5) is 4.79 Å². The second-order valence-corrected chi connectivity index (χ2v) is 8.77. The molecule has 0 saturated carbocycles. The monoisotopic (exact) mass is 428 g/mol. The van der Waals surface area contributed by atoms with E-state index in [2.05, 4.69) is 17.1 Å². The molecule has 1 spiro atoms. The lowest BCUT2D eigenvalue weighted by Crippen LogP contribution is -2.56. The molecule has 1 N–H and O–H groups in total. The van der Waals surface area contributed by atoms with E-state index in [1.165, 1.54) is 4.90 Å². The smallest absolute Gasteiger partial charge is 0.325 e. The van der Waals surface area contributed by atoms with Crippen molar-refractivity contribution in [1.82, 2.24) is 20.0 Å². The van der Waals surface area contributed by atoms with Crippen LogP contribution in [0.5, 0.6) is 5.75 Å². The van der Waals surface area contributed by atoms with Crippen LogP contribution in [0.1, 0.15) is 39.0 Å². The highest BCUT2D eigenvalue weighted by Crippen LogP contribution is 2.32. The van der Waals surface area contributed by atoms with Gasteiger partial charge in [-0.2, -0.15) is 0 Å². The summed E-state index contributed by atoms with van der Waals surface area (Å²) >= 11 is 0. The Hall–Kier alpha value is -2.61. The summed E-state index contributed by atoms with van der Waals surface area (Å²) in [5, 5.41) is 3.00. The Bertz CT molecular complexity index is 807. The number of hydrogen-bond donors (Lipinski definition) is 1. The van der Waals surface area contributed by atoms with Crippen LogP contribution < -0.4 is 10.1 Å². The van der Waals surface area contributed by atoms with Gasteiger partial charge in [-0.3, -0.25) is 14.5 Å². The minimum absolute atomic E-state index is 0.0475. The van der Waals surface area contributed by atoms with Gasteiger partial charge in [-0.25, -0.2) is 4.79 Å². The molecule has 4 rings (SSSR count). The molecule has 1 aromatic rings. The van der Waals surface area contributed by atoms with Gasteiger partial charge in [0, 0.05) is 26.2 Å². The van der Waals surface area contributed by atoms with E-state index in [4.69, 9.17) is 4.74 Å². The third kappa shape index (κ3) is 4.54. The molecule has 3 heterocycles. The molecule has 3 fully saturated rings. The Balaban J connectivity index is 1.36. The molecular weight excluding hydrogens is 396 g/mol. The van der Waals surface area contributed by atoms with Crippen LogP contribution in [0.2, 0.25) is 0 Å². The topological polar surface area (TPSA) is 82.2 Å². The van der Waals surface area contributed by atoms with Crippen molar-refractivity contribution in [1.29, 1.82) is 0 Å². The van der Waals surface area contributed by atoms with Gasteiger partial charge in [0.25, 0.3) is 11.8 Å². The summed E-state index contributed by atoms with van der Waals surface area (Å²) in [6.45, 7) is 5.75. The van der Waals surface area contributed by atoms with Gasteiger partial charge < -0.3 is 19.9 Å². The number of rotatable bonds is 6. The van der Waals surface area contributed by atoms with E-state index < -0.39 is 5.54 Å². The normalized spacial score (nSPS) is 23.8. The van der Waals surface area contributed by atoms with Gasteiger partial charge in [0.05, 0.1) is 6.04 Å². The highest BCUT2D eigenvalue weighted by atomic mass is 16.5. The quantitative estimate of drug-likeness (QED) is 0.700. The largest absolute Gasteiger partial charge is 0.484 e. The van der Waals surface area contributed by atoms with Gasteiger partial charge in [-0.1, -0.05) is 25.1 Å². The minimum atomic E-state index is -0.774. The van der Waals surface area contributed by atoms with E-state index >= 15 is 0 Å². The van der Waals surface area contributed by atoms with Crippen molar-refractivity contribution in [3.63, 3.8) is 0 Å². The predicted octanol–water partition coefficient (Wildman–Crippen LogP) is 1.85. The zero-order chi connectivity index (χ0) is 21.8. The maximum absolute atomic E-state index is 13.3. The van der Waals surface area contributed by atoms with E-state index in [0.29, 0.717) is 31.7 Å². The number of piperidine rings is 2. The standard InChI is InChI=1S/C23H32N4O4/c1-2-12-25-14-10-23(11-15-25)21(29)27(22(30)24-23)18-7-6-13-26(16-18)20(28)17-31-19-8-4-3-5-9-19/h3-5,8-9,18H,2,6-7,10-17H2,1H3,(H,24,30)/t18-/m1/s1. The Kier molecular flexibility index (Phi) is 6.46. The third-order valence-corrected chi connectivity index (χ3v) is 6.66. The number of carbonyl (C=O) groups excluding carboxylic acids is 3. The van der Waals surface area contributed by atoms with Gasteiger partial charge in [0.1, 0.15) is 11.3 Å². The molecule has 3 saturated heterocycles.